The van der Waals surface area contributed by atoms with Gasteiger partial charge in [-0.1, -0.05) is 31.2 Å². The van der Waals surface area contributed by atoms with Gasteiger partial charge in [0.2, 0.25) is 5.91 Å². The molecule has 7 heteroatoms. The van der Waals surface area contributed by atoms with E-state index in [1.165, 1.54) is 11.1 Å². The highest BCUT2D eigenvalue weighted by atomic mass is 127. The number of hydrogen-bond donors (Lipinski definition) is 3. The van der Waals surface area contributed by atoms with Gasteiger partial charge in [0.25, 0.3) is 0 Å². The lowest BCUT2D eigenvalue weighted by Crippen LogP contribution is -2.39. The van der Waals surface area contributed by atoms with E-state index in [0.29, 0.717) is 0 Å². The summed E-state index contributed by atoms with van der Waals surface area (Å²) >= 11 is 0. The highest BCUT2D eigenvalue weighted by molar-refractivity contribution is 14.0. The smallest absolute Gasteiger partial charge is 0.220 e. The minimum Gasteiger partial charge on any atom is -0.369 e. The molecule has 0 atom stereocenters. The fraction of sp³-hybridized carbons (Fsp3) is 0.619. The van der Waals surface area contributed by atoms with E-state index in [4.69, 9.17) is 5.73 Å². The largest absolute Gasteiger partial charge is 0.369 e. The second kappa shape index (κ2) is 13.8. The number of halogens is 1. The molecule has 0 saturated carbocycles. The topological polar surface area (TPSA) is 82.8 Å². The number of aliphatic imine (C=N–C) groups is 1. The van der Waals surface area contributed by atoms with E-state index < -0.39 is 0 Å². The molecule has 1 aromatic carbocycles. The summed E-state index contributed by atoms with van der Waals surface area (Å²) in [5.74, 6) is 0.789. The van der Waals surface area contributed by atoms with Gasteiger partial charge in [0, 0.05) is 26.1 Å². The van der Waals surface area contributed by atoms with E-state index in [2.05, 4.69) is 51.7 Å². The number of aryl methyl sites for hydroxylation is 1. The first-order valence-electron chi connectivity index (χ1n) is 10.2. The number of carbonyl (C=O) groups is 1. The number of carbonyl (C=O) groups excluding carboxylic acids is 1. The lowest BCUT2D eigenvalue weighted by atomic mass is 9.96. The van der Waals surface area contributed by atoms with E-state index in [1.807, 2.05) is 7.05 Å². The van der Waals surface area contributed by atoms with Crippen LogP contribution < -0.4 is 16.4 Å². The zero-order chi connectivity index (χ0) is 19.5. The maximum Gasteiger partial charge on any atom is 0.220 e. The quantitative estimate of drug-likeness (QED) is 0.210. The maximum atomic E-state index is 11.2. The van der Waals surface area contributed by atoms with Gasteiger partial charge in [-0.3, -0.25) is 9.79 Å². The number of primary amides is 1. The van der Waals surface area contributed by atoms with Gasteiger partial charge in [-0.25, -0.2) is 0 Å². The summed E-state index contributed by atoms with van der Waals surface area (Å²) in [5, 5.41) is 6.80. The Hall–Kier alpha value is -1.35. The van der Waals surface area contributed by atoms with Crippen LogP contribution in [-0.4, -0.2) is 50.0 Å². The molecule has 1 aliphatic heterocycles. The third-order valence-corrected chi connectivity index (χ3v) is 5.35. The van der Waals surface area contributed by atoms with Crippen molar-refractivity contribution < 1.29 is 4.79 Å². The minimum atomic E-state index is -0.140. The molecule has 0 aliphatic carbocycles. The number of guanidine groups is 1. The van der Waals surface area contributed by atoms with Crippen LogP contribution in [0.25, 0.3) is 0 Å². The molecular weight excluding hydrogens is 465 g/mol. The van der Waals surface area contributed by atoms with Crippen molar-refractivity contribution in [3.8, 4) is 0 Å². The predicted molar refractivity (Wildman–Crippen MR) is 127 cm³/mol. The van der Waals surface area contributed by atoms with E-state index in [0.717, 1.165) is 70.8 Å². The van der Waals surface area contributed by atoms with E-state index in [-0.39, 0.29) is 35.8 Å². The summed E-state index contributed by atoms with van der Waals surface area (Å²) in [6.07, 6.45) is 5.10. The van der Waals surface area contributed by atoms with Crippen LogP contribution in [0.3, 0.4) is 0 Å². The molecule has 0 aromatic heterocycles. The van der Waals surface area contributed by atoms with Crippen LogP contribution in [0, 0.1) is 5.92 Å². The summed E-state index contributed by atoms with van der Waals surface area (Å²) in [7, 11) is 1.81. The molecule has 1 heterocycles. The zero-order valence-corrected chi connectivity index (χ0v) is 19.6. The number of nitrogens with two attached hydrogens (primary N) is 1. The summed E-state index contributed by atoms with van der Waals surface area (Å²) in [6, 6.07) is 8.52. The monoisotopic (exact) mass is 501 g/mol. The molecule has 1 fully saturated rings. The first kappa shape index (κ1) is 24.7. The molecular formula is C21H36IN5O. The lowest BCUT2D eigenvalue weighted by Gasteiger charge is -2.30. The van der Waals surface area contributed by atoms with Gasteiger partial charge in [0.05, 0.1) is 0 Å². The van der Waals surface area contributed by atoms with Crippen molar-refractivity contribution >= 4 is 35.8 Å². The van der Waals surface area contributed by atoms with Crippen molar-refractivity contribution in [1.29, 1.82) is 0 Å². The Morgan fingerprint density at radius 3 is 2.46 bits per heavy atom. The molecule has 158 valence electrons. The van der Waals surface area contributed by atoms with E-state index in [1.54, 1.807) is 0 Å². The van der Waals surface area contributed by atoms with E-state index in [9.17, 15) is 4.79 Å². The van der Waals surface area contributed by atoms with Crippen molar-refractivity contribution in [3.63, 3.8) is 0 Å². The van der Waals surface area contributed by atoms with Gasteiger partial charge in [0.1, 0.15) is 0 Å². The van der Waals surface area contributed by atoms with Gasteiger partial charge in [-0.2, -0.15) is 0 Å². The molecule has 0 radical (unpaired) electrons. The molecule has 6 nitrogen and oxygen atoms in total. The highest BCUT2D eigenvalue weighted by Gasteiger charge is 2.22. The average Bonchev–Trinajstić information content (AvgIpc) is 2.70. The van der Waals surface area contributed by atoms with Crippen LogP contribution >= 0.6 is 24.0 Å². The molecule has 1 saturated heterocycles. The third kappa shape index (κ3) is 8.34. The predicted octanol–water partition coefficient (Wildman–Crippen LogP) is 2.51. The normalized spacial score (nSPS) is 15.7. The van der Waals surface area contributed by atoms with Crippen molar-refractivity contribution in [2.45, 2.75) is 45.6 Å². The maximum absolute atomic E-state index is 11.2. The molecule has 0 unspecified atom stereocenters. The summed E-state index contributed by atoms with van der Waals surface area (Å²) < 4.78 is 0. The van der Waals surface area contributed by atoms with Crippen molar-refractivity contribution in [3.05, 3.63) is 35.4 Å². The summed E-state index contributed by atoms with van der Waals surface area (Å²) in [4.78, 5) is 18.0. The van der Waals surface area contributed by atoms with Crippen molar-refractivity contribution in [2.75, 3.05) is 33.2 Å². The highest BCUT2D eigenvalue weighted by Crippen LogP contribution is 2.16. The van der Waals surface area contributed by atoms with Crippen molar-refractivity contribution in [2.24, 2.45) is 16.6 Å². The molecule has 28 heavy (non-hydrogen) atoms. The molecule has 1 aromatic rings. The summed E-state index contributed by atoms with van der Waals surface area (Å²) in [6.45, 7) is 6.94. The number of hydrogen-bond acceptors (Lipinski definition) is 3. The van der Waals surface area contributed by atoms with Gasteiger partial charge in [-0.15, -0.1) is 24.0 Å². The van der Waals surface area contributed by atoms with Crippen LogP contribution in [0.1, 0.15) is 43.7 Å². The van der Waals surface area contributed by atoms with Gasteiger partial charge in [-0.05, 0) is 62.9 Å². The van der Waals surface area contributed by atoms with E-state index >= 15 is 0 Å². The van der Waals surface area contributed by atoms with Crippen LogP contribution in [0.4, 0.5) is 0 Å². The Labute approximate surface area is 186 Å². The van der Waals surface area contributed by atoms with Crippen LogP contribution in [0.15, 0.2) is 29.3 Å². The minimum absolute atomic E-state index is 0. The molecule has 2 rings (SSSR count). The first-order valence-corrected chi connectivity index (χ1v) is 10.2. The molecule has 1 amide bonds. The van der Waals surface area contributed by atoms with Crippen LogP contribution in [0.2, 0.25) is 0 Å². The Balaban J connectivity index is 0.00000392. The number of piperidine rings is 1. The standard InChI is InChI=1S/C21H35N5O.HI/c1-3-17-8-4-5-9-19(17)16-25-21(23-2)24-12-6-7-13-26-14-10-18(11-15-26)20(22)27;/h4-5,8-9,18H,3,6-7,10-16H2,1-2H3,(H2,22,27)(H2,23,24,25);1H. The number of benzene rings is 1. The van der Waals surface area contributed by atoms with Gasteiger partial charge in [0.15, 0.2) is 5.96 Å². The molecule has 4 N–H and O–H groups in total. The second-order valence-electron chi connectivity index (χ2n) is 7.20. The second-order valence-corrected chi connectivity index (χ2v) is 7.20. The van der Waals surface area contributed by atoms with Gasteiger partial charge >= 0.3 is 0 Å². The summed E-state index contributed by atoms with van der Waals surface area (Å²) in [5.41, 5.74) is 8.09. The average molecular weight is 501 g/mol. The van der Waals surface area contributed by atoms with Crippen molar-refractivity contribution in [1.82, 2.24) is 15.5 Å². The SMILES string of the molecule is CCc1ccccc1CNC(=NC)NCCCCN1CCC(C(N)=O)CC1.I. The zero-order valence-electron chi connectivity index (χ0n) is 17.2. The van der Waals surface area contributed by atoms with Gasteiger partial charge < -0.3 is 21.3 Å². The number of rotatable bonds is 9. The number of unbranched alkanes of at least 4 members (excludes halogenated alkanes) is 1. The Bertz CT molecular complexity index is 615. The number of likely N-dealkylation sites (tertiary alicyclic amines) is 1. The van der Waals surface area contributed by atoms with Crippen LogP contribution in [0.5, 0.6) is 0 Å². The third-order valence-electron chi connectivity index (χ3n) is 5.35. The Kier molecular flexibility index (Phi) is 12.1. The molecule has 0 bridgehead atoms. The molecule has 1 aliphatic rings. The van der Waals surface area contributed by atoms with Crippen LogP contribution in [-0.2, 0) is 17.8 Å². The number of nitrogens with one attached hydrogen (secondary N) is 2. The fourth-order valence-corrected chi connectivity index (χ4v) is 3.58. The number of amides is 1. The first-order chi connectivity index (χ1) is 13.1. The Morgan fingerprint density at radius 1 is 1.18 bits per heavy atom. The lowest BCUT2D eigenvalue weighted by molar-refractivity contribution is -0.123. The molecule has 0 spiro atoms. The fourth-order valence-electron chi connectivity index (χ4n) is 3.58. The Morgan fingerprint density at radius 2 is 1.86 bits per heavy atom. The number of nitrogens with zero attached hydrogens (tertiary/aromatic N) is 2.